The second-order valence-electron chi connectivity index (χ2n) is 8.33. The summed E-state index contributed by atoms with van der Waals surface area (Å²) in [7, 11) is 0. The van der Waals surface area contributed by atoms with Crippen LogP contribution >= 0.6 is 15.9 Å². The number of anilines is 1. The van der Waals surface area contributed by atoms with Crippen molar-refractivity contribution in [1.82, 2.24) is 10.3 Å². The van der Waals surface area contributed by atoms with Gasteiger partial charge in [0.2, 0.25) is 11.9 Å². The van der Waals surface area contributed by atoms with Gasteiger partial charge in [0.1, 0.15) is 17.5 Å². The molecule has 27 heavy (non-hydrogen) atoms. The van der Waals surface area contributed by atoms with Crippen LogP contribution < -0.4 is 10.6 Å². The lowest BCUT2D eigenvalue weighted by molar-refractivity contribution is -0.120. The van der Waals surface area contributed by atoms with Crippen LogP contribution in [0.3, 0.4) is 0 Å². The summed E-state index contributed by atoms with van der Waals surface area (Å²) in [6.07, 6.45) is 3.63. The quantitative estimate of drug-likeness (QED) is 0.646. The van der Waals surface area contributed by atoms with E-state index in [0.29, 0.717) is 11.8 Å². The maximum atomic E-state index is 13.7. The van der Waals surface area contributed by atoms with Crippen LogP contribution in [0.2, 0.25) is 0 Å². The van der Waals surface area contributed by atoms with Crippen molar-refractivity contribution in [3.05, 3.63) is 22.6 Å². The van der Waals surface area contributed by atoms with E-state index in [2.05, 4.69) is 31.5 Å². The van der Waals surface area contributed by atoms with Gasteiger partial charge in [0, 0.05) is 0 Å². The van der Waals surface area contributed by atoms with Crippen molar-refractivity contribution in [2.24, 2.45) is 17.8 Å². The molecule has 3 rings (SSSR count). The smallest absolute Gasteiger partial charge is 0.408 e. The molecule has 2 aliphatic carbocycles. The Balaban J connectivity index is 1.76. The molecule has 1 heterocycles. The van der Waals surface area contributed by atoms with Gasteiger partial charge < -0.3 is 15.4 Å². The number of aromatic nitrogens is 1. The van der Waals surface area contributed by atoms with Crippen molar-refractivity contribution in [1.29, 1.82) is 0 Å². The van der Waals surface area contributed by atoms with Crippen LogP contribution in [0.15, 0.2) is 16.6 Å². The molecule has 148 valence electrons. The summed E-state index contributed by atoms with van der Waals surface area (Å²) in [6, 6.07) is 2.26. The monoisotopic (exact) mass is 441 g/mol. The Morgan fingerprint density at radius 3 is 2.30 bits per heavy atom. The Bertz CT molecular complexity index is 717. The van der Waals surface area contributed by atoms with Crippen LogP contribution in [0.25, 0.3) is 0 Å². The highest BCUT2D eigenvalue weighted by molar-refractivity contribution is 9.10. The summed E-state index contributed by atoms with van der Waals surface area (Å²) in [4.78, 5) is 29.0. The lowest BCUT2D eigenvalue weighted by Crippen LogP contribution is -2.51. The fraction of sp³-hybridized carbons (Fsp3) is 0.632. The number of nitrogens with zero attached hydrogens (tertiary/aromatic N) is 1. The van der Waals surface area contributed by atoms with E-state index in [1.807, 2.05) is 0 Å². The number of hydrogen-bond acceptors (Lipinski definition) is 4. The molecule has 0 unspecified atom stereocenters. The summed E-state index contributed by atoms with van der Waals surface area (Å²) in [5, 5.41) is 5.40. The Labute approximate surface area is 166 Å². The van der Waals surface area contributed by atoms with Crippen molar-refractivity contribution in [2.45, 2.75) is 58.1 Å². The highest BCUT2D eigenvalue weighted by Gasteiger charge is 2.48. The first-order valence-electron chi connectivity index (χ1n) is 9.26. The maximum absolute atomic E-state index is 13.7. The highest BCUT2D eigenvalue weighted by atomic mass is 79.9. The molecule has 1 aromatic heterocycles. The van der Waals surface area contributed by atoms with Gasteiger partial charge in [0.15, 0.2) is 0 Å². The third-order valence-corrected chi connectivity index (χ3v) is 5.32. The Kier molecular flexibility index (Phi) is 5.74. The molecular formula is C19H25BrFN3O3. The minimum atomic E-state index is -0.728. The Morgan fingerprint density at radius 1 is 1.22 bits per heavy atom. The molecule has 0 bridgehead atoms. The average molecular weight is 442 g/mol. The summed E-state index contributed by atoms with van der Waals surface area (Å²) in [6.45, 7) is 5.32. The van der Waals surface area contributed by atoms with Gasteiger partial charge in [-0.15, -0.1) is 0 Å². The third kappa shape index (κ3) is 5.64. The number of carbonyl (C=O) groups excluding carboxylic acids is 2. The van der Waals surface area contributed by atoms with Crippen LogP contribution in [0.4, 0.5) is 15.0 Å². The number of hydrogen-bond donors (Lipinski definition) is 2. The first-order chi connectivity index (χ1) is 12.6. The normalized spacial score (nSPS) is 18.1. The third-order valence-electron chi connectivity index (χ3n) is 4.73. The minimum absolute atomic E-state index is 0.0674. The van der Waals surface area contributed by atoms with Crippen LogP contribution in [-0.2, 0) is 9.53 Å². The molecule has 0 saturated heterocycles. The molecule has 1 atom stereocenters. The Hall–Kier alpha value is -1.70. The zero-order valence-electron chi connectivity index (χ0n) is 15.7. The van der Waals surface area contributed by atoms with Crippen molar-refractivity contribution in [3.8, 4) is 0 Å². The highest BCUT2D eigenvalue weighted by Crippen LogP contribution is 2.50. The SMILES string of the molecule is CC(C)(C)OC(=O)N[C@H](C(=O)Nc1ccc(Br)c(F)n1)C(C1CC1)C1CC1. The van der Waals surface area contributed by atoms with Gasteiger partial charge in [0.05, 0.1) is 4.47 Å². The topological polar surface area (TPSA) is 80.3 Å². The molecule has 2 fully saturated rings. The lowest BCUT2D eigenvalue weighted by atomic mass is 9.89. The minimum Gasteiger partial charge on any atom is -0.444 e. The van der Waals surface area contributed by atoms with Gasteiger partial charge in [-0.05, 0) is 92.3 Å². The Morgan fingerprint density at radius 2 is 1.81 bits per heavy atom. The van der Waals surface area contributed by atoms with Crippen LogP contribution in [0, 0.1) is 23.7 Å². The molecule has 2 N–H and O–H groups in total. The molecule has 1 aromatic rings. The van der Waals surface area contributed by atoms with Gasteiger partial charge >= 0.3 is 6.09 Å². The molecule has 8 heteroatoms. The van der Waals surface area contributed by atoms with Crippen molar-refractivity contribution < 1.29 is 18.7 Å². The van der Waals surface area contributed by atoms with Crippen molar-refractivity contribution in [2.75, 3.05) is 5.32 Å². The zero-order chi connectivity index (χ0) is 19.8. The summed E-state index contributed by atoms with van der Waals surface area (Å²) in [5.41, 5.74) is -0.657. The lowest BCUT2D eigenvalue weighted by Gasteiger charge is -2.28. The second-order valence-corrected chi connectivity index (χ2v) is 9.19. The first kappa shape index (κ1) is 20.0. The fourth-order valence-corrected chi connectivity index (χ4v) is 3.57. The van der Waals surface area contributed by atoms with E-state index in [-0.39, 0.29) is 22.1 Å². The van der Waals surface area contributed by atoms with E-state index >= 15 is 0 Å². The van der Waals surface area contributed by atoms with Gasteiger partial charge in [0.25, 0.3) is 0 Å². The zero-order valence-corrected chi connectivity index (χ0v) is 17.3. The number of nitrogens with one attached hydrogen (secondary N) is 2. The summed E-state index contributed by atoms with van der Waals surface area (Å²) < 4.78 is 19.2. The maximum Gasteiger partial charge on any atom is 0.408 e. The fourth-order valence-electron chi connectivity index (χ4n) is 3.35. The molecular weight excluding hydrogens is 417 g/mol. The van der Waals surface area contributed by atoms with Gasteiger partial charge in [-0.25, -0.2) is 9.78 Å². The van der Waals surface area contributed by atoms with E-state index in [0.717, 1.165) is 25.7 Å². The molecule has 6 nitrogen and oxygen atoms in total. The molecule has 0 spiro atoms. The van der Waals surface area contributed by atoms with E-state index in [1.165, 1.54) is 12.1 Å². The number of carbonyl (C=O) groups is 2. The second kappa shape index (κ2) is 7.73. The predicted molar refractivity (Wildman–Crippen MR) is 103 cm³/mol. The van der Waals surface area contributed by atoms with Gasteiger partial charge in [-0.1, -0.05) is 0 Å². The molecule has 0 aliphatic heterocycles. The van der Waals surface area contributed by atoms with E-state index in [4.69, 9.17) is 4.74 Å². The predicted octanol–water partition coefficient (Wildman–Crippen LogP) is 4.25. The van der Waals surface area contributed by atoms with Crippen LogP contribution in [0.1, 0.15) is 46.5 Å². The average Bonchev–Trinajstić information content (AvgIpc) is 3.42. The van der Waals surface area contributed by atoms with Crippen molar-refractivity contribution in [3.63, 3.8) is 0 Å². The van der Waals surface area contributed by atoms with Gasteiger partial charge in [-0.3, -0.25) is 4.79 Å². The number of amides is 2. The standard InChI is InChI=1S/C19H25BrFN3O3/c1-19(2,3)27-18(26)24-15(14(10-4-5-10)11-6-7-11)17(25)23-13-9-8-12(20)16(21)22-13/h8-11,14-15H,4-7H2,1-3H3,(H,24,26)(H,22,23,25)/t15-/m0/s1. The molecule has 2 saturated carbocycles. The first-order valence-corrected chi connectivity index (χ1v) is 10.1. The molecule has 2 aliphatic rings. The number of halogens is 2. The van der Waals surface area contributed by atoms with E-state index in [1.54, 1.807) is 20.8 Å². The number of pyridine rings is 1. The number of ether oxygens (including phenoxy) is 1. The van der Waals surface area contributed by atoms with Crippen molar-refractivity contribution >= 4 is 33.7 Å². The summed E-state index contributed by atoms with van der Waals surface area (Å²) in [5.74, 6) is -0.0558. The van der Waals surface area contributed by atoms with Gasteiger partial charge in [-0.2, -0.15) is 4.39 Å². The molecule has 0 aromatic carbocycles. The van der Waals surface area contributed by atoms with Crippen LogP contribution in [-0.4, -0.2) is 28.6 Å². The van der Waals surface area contributed by atoms with Crippen LogP contribution in [0.5, 0.6) is 0 Å². The number of alkyl carbamates (subject to hydrolysis) is 1. The summed E-state index contributed by atoms with van der Waals surface area (Å²) >= 11 is 3.04. The molecule has 2 amide bonds. The largest absolute Gasteiger partial charge is 0.444 e. The van der Waals surface area contributed by atoms with E-state index < -0.39 is 23.7 Å². The molecule has 0 radical (unpaired) electrons. The van der Waals surface area contributed by atoms with E-state index in [9.17, 15) is 14.0 Å². The number of rotatable bonds is 6.